The van der Waals surface area contributed by atoms with Gasteiger partial charge in [-0.25, -0.2) is 0 Å². The van der Waals surface area contributed by atoms with Crippen molar-refractivity contribution in [1.82, 2.24) is 9.88 Å². The first kappa shape index (κ1) is 15.4. The van der Waals surface area contributed by atoms with Gasteiger partial charge in [-0.2, -0.15) is 0 Å². The Labute approximate surface area is 134 Å². The van der Waals surface area contributed by atoms with Gasteiger partial charge in [0.15, 0.2) is 0 Å². The maximum atomic E-state index is 11.2. The average molecular weight is 313 g/mol. The number of piperidine rings is 1. The largest absolute Gasteiger partial charge is 0.508 e. The zero-order valence-electron chi connectivity index (χ0n) is 12.8. The summed E-state index contributed by atoms with van der Waals surface area (Å²) in [5.74, 6) is 0.0561. The van der Waals surface area contributed by atoms with Crippen LogP contribution in [0.25, 0.3) is 0 Å². The topological polar surface area (TPSA) is 79.5 Å². The molecule has 6 heteroatoms. The van der Waals surface area contributed by atoms with Gasteiger partial charge in [-0.15, -0.1) is 0 Å². The van der Waals surface area contributed by atoms with E-state index in [1.54, 1.807) is 6.20 Å². The molecule has 2 heterocycles. The fraction of sp³-hybridized carbons (Fsp3) is 0.353. The van der Waals surface area contributed by atoms with Crippen molar-refractivity contribution in [3.63, 3.8) is 0 Å². The van der Waals surface area contributed by atoms with Crippen LogP contribution in [0.3, 0.4) is 0 Å². The fourth-order valence-electron chi connectivity index (χ4n) is 3.23. The third kappa shape index (κ3) is 3.48. The molecule has 1 aliphatic heterocycles. The smallest absolute Gasteiger partial charge is 0.274 e. The Hall–Kier alpha value is -2.47. The van der Waals surface area contributed by atoms with Gasteiger partial charge in [-0.3, -0.25) is 20.0 Å². The predicted molar refractivity (Wildman–Crippen MR) is 86.0 cm³/mol. The Morgan fingerprint density at radius 1 is 1.35 bits per heavy atom. The van der Waals surface area contributed by atoms with E-state index in [2.05, 4.69) is 9.88 Å². The van der Waals surface area contributed by atoms with E-state index >= 15 is 0 Å². The second-order valence-corrected chi connectivity index (χ2v) is 5.84. The van der Waals surface area contributed by atoms with Gasteiger partial charge in [0.1, 0.15) is 5.75 Å². The number of nitro benzene ring substituents is 1. The Morgan fingerprint density at radius 2 is 2.22 bits per heavy atom. The van der Waals surface area contributed by atoms with Crippen molar-refractivity contribution in [2.24, 2.45) is 0 Å². The molecule has 6 nitrogen and oxygen atoms in total. The van der Waals surface area contributed by atoms with Gasteiger partial charge >= 0.3 is 0 Å². The van der Waals surface area contributed by atoms with Crippen LogP contribution >= 0.6 is 0 Å². The Kier molecular flexibility index (Phi) is 4.52. The first-order valence-electron chi connectivity index (χ1n) is 7.75. The summed E-state index contributed by atoms with van der Waals surface area (Å²) in [5, 5.41) is 20.9. The summed E-state index contributed by atoms with van der Waals surface area (Å²) in [4.78, 5) is 17.3. The molecule has 0 saturated carbocycles. The Balaban J connectivity index is 1.88. The van der Waals surface area contributed by atoms with Crippen LogP contribution in [0.4, 0.5) is 5.69 Å². The molecule has 1 aromatic carbocycles. The Bertz CT molecular complexity index is 691. The lowest BCUT2D eigenvalue weighted by molar-refractivity contribution is -0.385. The van der Waals surface area contributed by atoms with E-state index in [0.717, 1.165) is 31.4 Å². The van der Waals surface area contributed by atoms with E-state index in [-0.39, 0.29) is 17.5 Å². The molecule has 0 spiro atoms. The first-order chi connectivity index (χ1) is 11.1. The fourth-order valence-corrected chi connectivity index (χ4v) is 3.23. The molecule has 3 rings (SSSR count). The number of nitrogens with zero attached hydrogens (tertiary/aromatic N) is 3. The van der Waals surface area contributed by atoms with Crippen LogP contribution in [0, 0.1) is 10.1 Å². The maximum Gasteiger partial charge on any atom is 0.274 e. The molecule has 0 aliphatic carbocycles. The van der Waals surface area contributed by atoms with Crippen LogP contribution < -0.4 is 0 Å². The molecule has 1 fully saturated rings. The monoisotopic (exact) mass is 313 g/mol. The third-order valence-corrected chi connectivity index (χ3v) is 4.32. The number of pyridine rings is 1. The second kappa shape index (κ2) is 6.75. The molecule has 1 aromatic heterocycles. The second-order valence-electron chi connectivity index (χ2n) is 5.84. The number of hydrogen-bond donors (Lipinski definition) is 1. The number of aromatic nitrogens is 1. The highest BCUT2D eigenvalue weighted by Crippen LogP contribution is 2.34. The number of rotatable bonds is 4. The van der Waals surface area contributed by atoms with E-state index < -0.39 is 4.92 Å². The van der Waals surface area contributed by atoms with Crippen LogP contribution in [-0.2, 0) is 6.54 Å². The van der Waals surface area contributed by atoms with Crippen LogP contribution in [-0.4, -0.2) is 26.5 Å². The van der Waals surface area contributed by atoms with Crippen molar-refractivity contribution >= 4 is 5.69 Å². The highest BCUT2D eigenvalue weighted by molar-refractivity contribution is 5.44. The number of aromatic hydroxyl groups is 1. The minimum Gasteiger partial charge on any atom is -0.508 e. The molecule has 0 amide bonds. The van der Waals surface area contributed by atoms with Crippen LogP contribution in [0.1, 0.15) is 36.4 Å². The molecule has 120 valence electrons. The van der Waals surface area contributed by atoms with E-state index in [9.17, 15) is 15.2 Å². The summed E-state index contributed by atoms with van der Waals surface area (Å²) in [6, 6.07) is 8.39. The summed E-state index contributed by atoms with van der Waals surface area (Å²) < 4.78 is 0. The average Bonchev–Trinajstić information content (AvgIpc) is 2.56. The summed E-state index contributed by atoms with van der Waals surface area (Å²) in [5.41, 5.74) is 1.74. The predicted octanol–water partition coefficient (Wildman–Crippen LogP) is 3.42. The number of nitro groups is 1. The molecule has 2 aromatic rings. The van der Waals surface area contributed by atoms with E-state index in [0.29, 0.717) is 12.1 Å². The van der Waals surface area contributed by atoms with Gasteiger partial charge in [0.25, 0.3) is 5.69 Å². The highest BCUT2D eigenvalue weighted by atomic mass is 16.6. The van der Waals surface area contributed by atoms with E-state index in [1.807, 2.05) is 18.3 Å². The van der Waals surface area contributed by atoms with Crippen molar-refractivity contribution in [2.45, 2.75) is 31.8 Å². The molecule has 0 bridgehead atoms. The van der Waals surface area contributed by atoms with Crippen molar-refractivity contribution in [3.05, 3.63) is 64.0 Å². The lowest BCUT2D eigenvalue weighted by Crippen LogP contribution is -2.33. The van der Waals surface area contributed by atoms with Crippen molar-refractivity contribution < 1.29 is 10.0 Å². The number of benzene rings is 1. The Morgan fingerprint density at radius 3 is 2.96 bits per heavy atom. The number of hydrogen-bond acceptors (Lipinski definition) is 5. The zero-order chi connectivity index (χ0) is 16.2. The molecule has 23 heavy (non-hydrogen) atoms. The molecule has 1 N–H and O–H groups in total. The highest BCUT2D eigenvalue weighted by Gasteiger charge is 2.26. The molecule has 1 unspecified atom stereocenters. The lowest BCUT2D eigenvalue weighted by atomic mass is 9.95. The number of likely N-dealkylation sites (tertiary alicyclic amines) is 1. The van der Waals surface area contributed by atoms with Gasteiger partial charge in [-0.1, -0.05) is 12.5 Å². The first-order valence-corrected chi connectivity index (χ1v) is 7.75. The van der Waals surface area contributed by atoms with Crippen LogP contribution in [0.5, 0.6) is 5.75 Å². The van der Waals surface area contributed by atoms with Gasteiger partial charge in [0.05, 0.1) is 4.92 Å². The van der Waals surface area contributed by atoms with Crippen molar-refractivity contribution in [2.75, 3.05) is 6.54 Å². The van der Waals surface area contributed by atoms with Crippen LogP contribution in [0.15, 0.2) is 42.7 Å². The standard InChI is InChI=1S/C17H19N3O3/c21-15-6-7-17(20(22)23)14(10-15)12-19-9-2-1-5-16(19)13-4-3-8-18-11-13/h3-4,6-8,10-11,16,21H,1-2,5,9,12H2. The number of phenols is 1. The number of phenolic OH excluding ortho intramolecular Hbond substituents is 1. The molecule has 1 aliphatic rings. The van der Waals surface area contributed by atoms with Gasteiger partial charge in [0, 0.05) is 36.6 Å². The summed E-state index contributed by atoms with van der Waals surface area (Å²) >= 11 is 0. The molecule has 1 atom stereocenters. The van der Waals surface area contributed by atoms with Gasteiger partial charge in [0.2, 0.25) is 0 Å². The van der Waals surface area contributed by atoms with Crippen molar-refractivity contribution in [3.8, 4) is 5.75 Å². The van der Waals surface area contributed by atoms with E-state index in [4.69, 9.17) is 0 Å². The summed E-state index contributed by atoms with van der Waals surface area (Å²) in [6.45, 7) is 1.33. The summed E-state index contributed by atoms with van der Waals surface area (Å²) in [7, 11) is 0. The molecular formula is C17H19N3O3. The molecule has 0 radical (unpaired) electrons. The van der Waals surface area contributed by atoms with E-state index in [1.165, 1.54) is 18.2 Å². The quantitative estimate of drug-likeness (QED) is 0.691. The van der Waals surface area contributed by atoms with Gasteiger partial charge in [-0.05, 0) is 43.1 Å². The minimum atomic E-state index is -0.391. The zero-order valence-corrected chi connectivity index (χ0v) is 12.8. The SMILES string of the molecule is O=[N+]([O-])c1ccc(O)cc1CN1CCCCC1c1cccnc1. The normalized spacial score (nSPS) is 18.7. The van der Waals surface area contributed by atoms with Crippen molar-refractivity contribution in [1.29, 1.82) is 0 Å². The molecular weight excluding hydrogens is 294 g/mol. The minimum absolute atomic E-state index is 0.0540. The van der Waals surface area contributed by atoms with Crippen LogP contribution in [0.2, 0.25) is 0 Å². The third-order valence-electron chi connectivity index (χ3n) is 4.32. The lowest BCUT2D eigenvalue weighted by Gasteiger charge is -2.35. The van der Waals surface area contributed by atoms with Gasteiger partial charge < -0.3 is 5.11 Å². The molecule has 1 saturated heterocycles. The summed E-state index contributed by atoms with van der Waals surface area (Å²) in [6.07, 6.45) is 6.83. The maximum absolute atomic E-state index is 11.2.